The average Bonchev–Trinajstić information content (AvgIpc) is 3.40. The van der Waals surface area contributed by atoms with Crippen molar-refractivity contribution in [2.45, 2.75) is 96.9 Å². The summed E-state index contributed by atoms with van der Waals surface area (Å²) in [4.78, 5) is 19.9. The van der Waals surface area contributed by atoms with Crippen LogP contribution in [0.1, 0.15) is 75.7 Å². The van der Waals surface area contributed by atoms with Gasteiger partial charge in [0, 0.05) is 35.9 Å². The van der Waals surface area contributed by atoms with Gasteiger partial charge in [-0.15, -0.1) is 0 Å². The molecule has 4 heterocycles. The van der Waals surface area contributed by atoms with E-state index in [-0.39, 0.29) is 11.6 Å². The number of benzene rings is 1. The second-order valence-corrected chi connectivity index (χ2v) is 11.8. The number of anilines is 1. The summed E-state index contributed by atoms with van der Waals surface area (Å²) in [5, 5.41) is 11.2. The van der Waals surface area contributed by atoms with E-state index >= 15 is 0 Å². The van der Waals surface area contributed by atoms with Crippen LogP contribution >= 0.6 is 0 Å². The van der Waals surface area contributed by atoms with E-state index in [1.54, 1.807) is 23.1 Å². The Morgan fingerprint density at radius 3 is 2.68 bits per heavy atom. The van der Waals surface area contributed by atoms with Crippen molar-refractivity contribution in [3.8, 4) is 16.8 Å². The first-order valence-electron chi connectivity index (χ1n) is 15.0. The van der Waals surface area contributed by atoms with E-state index in [4.69, 9.17) is 4.74 Å². The van der Waals surface area contributed by atoms with Gasteiger partial charge in [-0.05, 0) is 75.8 Å². The lowest BCUT2D eigenvalue weighted by atomic mass is 9.87. The molecule has 2 fully saturated rings. The number of nitrogens with one attached hydrogen (secondary N) is 2. The normalized spacial score (nSPS) is 22.2. The zero-order valence-electron chi connectivity index (χ0n) is 24.9. The second kappa shape index (κ2) is 12.7. The van der Waals surface area contributed by atoms with Crippen LogP contribution in [-0.4, -0.2) is 69.0 Å². The number of carbonyl (C=O) groups is 1. The number of piperidine rings is 1. The van der Waals surface area contributed by atoms with Crippen molar-refractivity contribution < 1.29 is 13.9 Å². The maximum absolute atomic E-state index is 14.7. The summed E-state index contributed by atoms with van der Waals surface area (Å²) in [6, 6.07) is 7.04. The lowest BCUT2D eigenvalue weighted by Crippen LogP contribution is -2.61. The van der Waals surface area contributed by atoms with E-state index < -0.39 is 11.7 Å². The highest BCUT2D eigenvalue weighted by molar-refractivity contribution is 5.96. The molecular weight excluding hydrogens is 519 g/mol. The fourth-order valence-corrected chi connectivity index (χ4v) is 6.24. The molecule has 3 aromatic rings. The number of nitrogens with zero attached hydrogens (tertiary/aromatic N) is 4. The van der Waals surface area contributed by atoms with Crippen molar-refractivity contribution in [2.24, 2.45) is 0 Å². The molecule has 2 saturated heterocycles. The van der Waals surface area contributed by atoms with Crippen molar-refractivity contribution in [1.29, 1.82) is 0 Å². The van der Waals surface area contributed by atoms with Crippen LogP contribution in [-0.2, 0) is 4.74 Å². The monoisotopic (exact) mass is 562 g/mol. The Bertz CT molecular complexity index is 1360. The molecule has 5 rings (SSSR count). The molecule has 2 aliphatic heterocycles. The van der Waals surface area contributed by atoms with Gasteiger partial charge in [0.05, 0.1) is 54.8 Å². The number of hydrogen-bond donors (Lipinski definition) is 2. The van der Waals surface area contributed by atoms with Gasteiger partial charge in [-0.3, -0.25) is 14.7 Å². The van der Waals surface area contributed by atoms with Crippen molar-refractivity contribution in [3.05, 3.63) is 59.9 Å². The zero-order chi connectivity index (χ0) is 29.1. The van der Waals surface area contributed by atoms with Gasteiger partial charge in [0.1, 0.15) is 5.82 Å². The molecule has 0 radical (unpaired) electrons. The molecule has 4 unspecified atom stereocenters. The predicted molar refractivity (Wildman–Crippen MR) is 160 cm³/mol. The summed E-state index contributed by atoms with van der Waals surface area (Å²) in [6.07, 6.45) is 12.6. The Labute approximate surface area is 242 Å². The van der Waals surface area contributed by atoms with Crippen LogP contribution < -0.4 is 10.6 Å². The summed E-state index contributed by atoms with van der Waals surface area (Å²) in [7, 11) is 0. The third-order valence-electron chi connectivity index (χ3n) is 8.58. The van der Waals surface area contributed by atoms with E-state index in [9.17, 15) is 9.18 Å². The quantitative estimate of drug-likeness (QED) is 0.328. The maximum atomic E-state index is 14.7. The molecule has 220 valence electrons. The lowest BCUT2D eigenvalue weighted by Gasteiger charge is -2.50. The van der Waals surface area contributed by atoms with Gasteiger partial charge in [-0.2, -0.15) is 5.10 Å². The number of pyridine rings is 1. The van der Waals surface area contributed by atoms with Crippen LogP contribution in [0.4, 0.5) is 10.1 Å². The highest BCUT2D eigenvalue weighted by Crippen LogP contribution is 2.32. The number of aryl methyl sites for hydroxylation is 1. The number of ether oxygens (including phenoxy) is 1. The summed E-state index contributed by atoms with van der Waals surface area (Å²) in [5.41, 5.74) is 4.16. The first kappa shape index (κ1) is 29.2. The fraction of sp³-hybridized carbons (Fsp3) is 0.531. The number of carbonyl (C=O) groups excluding carboxylic acids is 1. The number of amides is 1. The lowest BCUT2D eigenvalue weighted by molar-refractivity contribution is -0.106. The minimum absolute atomic E-state index is 0.0339. The van der Waals surface area contributed by atoms with E-state index in [0.717, 1.165) is 60.5 Å². The molecular formula is C32H43FN6O2. The minimum Gasteiger partial charge on any atom is -0.381 e. The van der Waals surface area contributed by atoms with Crippen molar-refractivity contribution in [1.82, 2.24) is 25.0 Å². The molecule has 1 aromatic carbocycles. The molecule has 0 aliphatic carbocycles. The molecule has 0 spiro atoms. The van der Waals surface area contributed by atoms with Crippen LogP contribution in [0, 0.1) is 12.7 Å². The van der Waals surface area contributed by atoms with Crippen LogP contribution in [0.3, 0.4) is 0 Å². The van der Waals surface area contributed by atoms with Gasteiger partial charge in [-0.1, -0.05) is 20.3 Å². The molecule has 0 bridgehead atoms. The maximum Gasteiger partial charge on any atom is 0.254 e. The Morgan fingerprint density at radius 1 is 1.17 bits per heavy atom. The first-order valence-corrected chi connectivity index (χ1v) is 15.0. The van der Waals surface area contributed by atoms with E-state index in [2.05, 4.69) is 45.5 Å². The number of hydrogen-bond acceptors (Lipinski definition) is 6. The van der Waals surface area contributed by atoms with Gasteiger partial charge in [0.25, 0.3) is 5.91 Å². The largest absolute Gasteiger partial charge is 0.381 e. The number of likely N-dealkylation sites (tertiary alicyclic amines) is 1. The highest BCUT2D eigenvalue weighted by atomic mass is 19.1. The third kappa shape index (κ3) is 6.46. The van der Waals surface area contributed by atoms with E-state index in [0.29, 0.717) is 24.2 Å². The molecule has 41 heavy (non-hydrogen) atoms. The smallest absolute Gasteiger partial charge is 0.254 e. The summed E-state index contributed by atoms with van der Waals surface area (Å²) < 4.78 is 22.0. The van der Waals surface area contributed by atoms with E-state index in [1.807, 2.05) is 33.2 Å². The molecule has 9 heteroatoms. The van der Waals surface area contributed by atoms with Crippen molar-refractivity contribution in [3.63, 3.8) is 0 Å². The molecule has 8 nitrogen and oxygen atoms in total. The molecule has 1 amide bonds. The van der Waals surface area contributed by atoms with Crippen molar-refractivity contribution >= 4 is 11.6 Å². The number of halogens is 1. The fourth-order valence-electron chi connectivity index (χ4n) is 6.24. The zero-order valence-corrected chi connectivity index (χ0v) is 24.9. The van der Waals surface area contributed by atoms with Crippen LogP contribution in [0.2, 0.25) is 0 Å². The third-order valence-corrected chi connectivity index (χ3v) is 8.58. The topological polar surface area (TPSA) is 84.3 Å². The van der Waals surface area contributed by atoms with Gasteiger partial charge in [0.2, 0.25) is 0 Å². The van der Waals surface area contributed by atoms with Crippen LogP contribution in [0.15, 0.2) is 43.0 Å². The second-order valence-electron chi connectivity index (χ2n) is 11.8. The van der Waals surface area contributed by atoms with Crippen molar-refractivity contribution in [2.75, 3.05) is 18.5 Å². The Morgan fingerprint density at radius 2 is 1.98 bits per heavy atom. The molecule has 2 aromatic heterocycles. The molecule has 2 N–H and O–H groups in total. The number of rotatable bonds is 10. The highest BCUT2D eigenvalue weighted by Gasteiger charge is 2.39. The van der Waals surface area contributed by atoms with Gasteiger partial charge in [0.15, 0.2) is 0 Å². The predicted octanol–water partition coefficient (Wildman–Crippen LogP) is 5.74. The summed E-state index contributed by atoms with van der Waals surface area (Å²) in [6.45, 7) is 12.0. The SMILES string of the molecule is CCCC1CC(Nc2cncc(-n3cc(-c4cc(C(=O)NC(C)CC)c(F)cc4C)cn3)c2)CC(C)N1C1COC1. The minimum atomic E-state index is -0.523. The average molecular weight is 563 g/mol. The van der Waals surface area contributed by atoms with Gasteiger partial charge < -0.3 is 15.4 Å². The summed E-state index contributed by atoms with van der Waals surface area (Å²) >= 11 is 0. The Balaban J connectivity index is 1.32. The van der Waals surface area contributed by atoms with Gasteiger partial charge in [-0.25, -0.2) is 9.07 Å². The van der Waals surface area contributed by atoms with E-state index in [1.165, 1.54) is 18.9 Å². The van der Waals surface area contributed by atoms with Crippen LogP contribution in [0.5, 0.6) is 0 Å². The molecule has 2 aliphatic rings. The van der Waals surface area contributed by atoms with Gasteiger partial charge >= 0.3 is 0 Å². The Hall–Kier alpha value is -3.30. The standard InChI is InChI=1S/C32H43FN6O2/c1-6-8-26-11-24(10-22(5)39(26)28-18-41-19-28)37-25-12-27(16-34-15-25)38-17-23(14-35-38)29-13-30(31(33)9-20(29)3)32(40)36-21(4)7-2/h9,12-17,21-22,24,26,28,37H,6-8,10-11,18-19H2,1-5H3,(H,36,40). The number of aromatic nitrogens is 3. The Kier molecular flexibility index (Phi) is 9.04. The van der Waals surface area contributed by atoms with Crippen LogP contribution in [0.25, 0.3) is 16.8 Å². The first-order chi connectivity index (χ1) is 19.8. The molecule has 4 atom stereocenters. The molecule has 0 saturated carbocycles. The summed E-state index contributed by atoms with van der Waals surface area (Å²) in [5.74, 6) is -0.930.